The van der Waals surface area contributed by atoms with Crippen molar-refractivity contribution < 1.29 is 9.90 Å². The van der Waals surface area contributed by atoms with Crippen molar-refractivity contribution in [2.75, 3.05) is 0 Å². The van der Waals surface area contributed by atoms with Crippen molar-refractivity contribution in [3.8, 4) is 0 Å². The Hall–Kier alpha value is -0.540. The maximum Gasteiger partial charge on any atom is 0.307 e. The fraction of sp³-hybridized carbons (Fsp3) is 0.500. The standard InChI is InChI=1S/C10H11ClO2S/c1-10(2)6(7(10)9(12)13)8-5(11)3-4-14-8/h3-4,6-7H,1-2H3,(H,12,13). The van der Waals surface area contributed by atoms with Crippen LogP contribution in [-0.4, -0.2) is 11.1 Å². The largest absolute Gasteiger partial charge is 0.481 e. The second kappa shape index (κ2) is 2.97. The van der Waals surface area contributed by atoms with E-state index < -0.39 is 5.97 Å². The highest BCUT2D eigenvalue weighted by atomic mass is 35.5. The fourth-order valence-corrected chi connectivity index (χ4v) is 3.62. The van der Waals surface area contributed by atoms with E-state index in [1.54, 1.807) is 11.3 Å². The van der Waals surface area contributed by atoms with Gasteiger partial charge in [-0.1, -0.05) is 25.4 Å². The lowest BCUT2D eigenvalue weighted by atomic mass is 10.1. The molecule has 0 saturated heterocycles. The minimum absolute atomic E-state index is 0.0903. The lowest BCUT2D eigenvalue weighted by Gasteiger charge is -1.99. The maximum atomic E-state index is 11.0. The number of rotatable bonds is 2. The highest BCUT2D eigenvalue weighted by Gasteiger charge is 2.63. The van der Waals surface area contributed by atoms with Crippen molar-refractivity contribution in [2.45, 2.75) is 19.8 Å². The minimum atomic E-state index is -0.718. The van der Waals surface area contributed by atoms with Gasteiger partial charge in [0, 0.05) is 10.8 Å². The Morgan fingerprint density at radius 2 is 2.29 bits per heavy atom. The molecule has 2 atom stereocenters. The third-order valence-electron chi connectivity index (χ3n) is 3.02. The van der Waals surface area contributed by atoms with E-state index in [1.165, 1.54) is 0 Å². The Morgan fingerprint density at radius 3 is 2.64 bits per heavy atom. The first-order valence-electron chi connectivity index (χ1n) is 4.42. The van der Waals surface area contributed by atoms with Crippen LogP contribution in [0.5, 0.6) is 0 Å². The van der Waals surface area contributed by atoms with E-state index in [0.717, 1.165) is 4.88 Å². The average Bonchev–Trinajstić information content (AvgIpc) is 2.42. The molecule has 4 heteroatoms. The smallest absolute Gasteiger partial charge is 0.307 e. The van der Waals surface area contributed by atoms with Crippen LogP contribution >= 0.6 is 22.9 Å². The summed E-state index contributed by atoms with van der Waals surface area (Å²) in [6.45, 7) is 3.96. The highest BCUT2D eigenvalue weighted by Crippen LogP contribution is 2.66. The second-order valence-corrected chi connectivity index (χ2v) is 5.60. The topological polar surface area (TPSA) is 37.3 Å². The van der Waals surface area contributed by atoms with Crippen molar-refractivity contribution in [2.24, 2.45) is 11.3 Å². The van der Waals surface area contributed by atoms with E-state index in [9.17, 15) is 4.79 Å². The summed E-state index contributed by atoms with van der Waals surface area (Å²) < 4.78 is 0. The number of carbonyl (C=O) groups is 1. The van der Waals surface area contributed by atoms with Crippen molar-refractivity contribution in [1.82, 2.24) is 0 Å². The van der Waals surface area contributed by atoms with Crippen LogP contribution in [0.3, 0.4) is 0 Å². The number of thiophene rings is 1. The van der Waals surface area contributed by atoms with E-state index in [-0.39, 0.29) is 17.3 Å². The molecule has 1 aromatic heterocycles. The van der Waals surface area contributed by atoms with Gasteiger partial charge >= 0.3 is 5.97 Å². The lowest BCUT2D eigenvalue weighted by Crippen LogP contribution is -2.02. The van der Waals surface area contributed by atoms with E-state index in [1.807, 2.05) is 25.3 Å². The van der Waals surface area contributed by atoms with Crippen molar-refractivity contribution >= 4 is 28.9 Å². The fourth-order valence-electron chi connectivity index (χ4n) is 2.12. The predicted octanol–water partition coefficient (Wildman–Crippen LogP) is 3.23. The van der Waals surface area contributed by atoms with Gasteiger partial charge < -0.3 is 5.11 Å². The molecule has 1 saturated carbocycles. The molecule has 0 aromatic carbocycles. The van der Waals surface area contributed by atoms with Gasteiger partial charge in [-0.05, 0) is 16.9 Å². The molecule has 1 aliphatic carbocycles. The third-order valence-corrected chi connectivity index (χ3v) is 4.46. The lowest BCUT2D eigenvalue weighted by molar-refractivity contribution is -0.139. The molecule has 2 rings (SSSR count). The Morgan fingerprint density at radius 1 is 1.64 bits per heavy atom. The first-order valence-corrected chi connectivity index (χ1v) is 5.67. The van der Waals surface area contributed by atoms with Crippen molar-refractivity contribution in [3.05, 3.63) is 21.3 Å². The van der Waals surface area contributed by atoms with Crippen LogP contribution in [0.4, 0.5) is 0 Å². The van der Waals surface area contributed by atoms with Gasteiger partial charge in [-0.15, -0.1) is 11.3 Å². The number of carboxylic acid groups (broad SMARTS) is 1. The molecule has 1 aromatic rings. The molecule has 1 fully saturated rings. The van der Waals surface area contributed by atoms with Crippen LogP contribution in [-0.2, 0) is 4.79 Å². The summed E-state index contributed by atoms with van der Waals surface area (Å²) in [5.41, 5.74) is -0.152. The van der Waals surface area contributed by atoms with Gasteiger partial charge in [0.05, 0.1) is 10.9 Å². The number of hydrogen-bond donors (Lipinski definition) is 1. The zero-order chi connectivity index (χ0) is 10.5. The molecule has 0 radical (unpaired) electrons. The number of carboxylic acids is 1. The maximum absolute atomic E-state index is 11.0. The molecule has 0 amide bonds. The van der Waals surface area contributed by atoms with Crippen LogP contribution in [0.1, 0.15) is 24.6 Å². The Bertz CT molecular complexity index is 383. The molecule has 0 aliphatic heterocycles. The molecule has 14 heavy (non-hydrogen) atoms. The van der Waals surface area contributed by atoms with Crippen LogP contribution in [0.25, 0.3) is 0 Å². The SMILES string of the molecule is CC1(C)C(C(=O)O)C1c1sccc1Cl. The summed E-state index contributed by atoms with van der Waals surface area (Å²) in [7, 11) is 0. The molecule has 1 aliphatic rings. The van der Waals surface area contributed by atoms with Gasteiger partial charge in [-0.25, -0.2) is 0 Å². The second-order valence-electron chi connectivity index (χ2n) is 4.25. The van der Waals surface area contributed by atoms with Gasteiger partial charge in [0.1, 0.15) is 0 Å². The van der Waals surface area contributed by atoms with Crippen molar-refractivity contribution in [3.63, 3.8) is 0 Å². The molecular formula is C10H11ClO2S. The van der Waals surface area contributed by atoms with Gasteiger partial charge in [0.25, 0.3) is 0 Å². The summed E-state index contributed by atoms with van der Waals surface area (Å²) in [5.74, 6) is -0.907. The summed E-state index contributed by atoms with van der Waals surface area (Å²) in [5, 5.41) is 11.6. The molecule has 1 N–H and O–H groups in total. The van der Waals surface area contributed by atoms with Crippen LogP contribution in [0.2, 0.25) is 5.02 Å². The molecule has 76 valence electrons. The summed E-state index contributed by atoms with van der Waals surface area (Å²) in [6, 6.07) is 1.83. The van der Waals surface area contributed by atoms with Gasteiger partial charge in [0.15, 0.2) is 0 Å². The normalized spacial score (nSPS) is 28.8. The van der Waals surface area contributed by atoms with Gasteiger partial charge in [-0.2, -0.15) is 0 Å². The molecule has 2 nitrogen and oxygen atoms in total. The summed E-state index contributed by atoms with van der Waals surface area (Å²) in [4.78, 5) is 12.0. The van der Waals surface area contributed by atoms with Crippen LogP contribution in [0, 0.1) is 11.3 Å². The summed E-state index contributed by atoms with van der Waals surface area (Å²) in [6.07, 6.45) is 0. The zero-order valence-electron chi connectivity index (χ0n) is 7.95. The molecular weight excluding hydrogens is 220 g/mol. The minimum Gasteiger partial charge on any atom is -0.481 e. The summed E-state index contributed by atoms with van der Waals surface area (Å²) >= 11 is 7.54. The highest BCUT2D eigenvalue weighted by molar-refractivity contribution is 7.10. The van der Waals surface area contributed by atoms with Crippen LogP contribution in [0.15, 0.2) is 11.4 Å². The van der Waals surface area contributed by atoms with Crippen LogP contribution < -0.4 is 0 Å². The monoisotopic (exact) mass is 230 g/mol. The Labute approximate surface area is 91.5 Å². The van der Waals surface area contributed by atoms with E-state index in [4.69, 9.17) is 16.7 Å². The number of aliphatic carboxylic acids is 1. The molecule has 0 bridgehead atoms. The predicted molar refractivity (Wildman–Crippen MR) is 57.0 cm³/mol. The van der Waals surface area contributed by atoms with Crippen molar-refractivity contribution in [1.29, 1.82) is 0 Å². The average molecular weight is 231 g/mol. The third kappa shape index (κ3) is 1.27. The Balaban J connectivity index is 2.32. The quantitative estimate of drug-likeness (QED) is 0.847. The van der Waals surface area contributed by atoms with Gasteiger partial charge in [0.2, 0.25) is 0 Å². The number of halogens is 1. The van der Waals surface area contributed by atoms with Gasteiger partial charge in [-0.3, -0.25) is 4.79 Å². The number of hydrogen-bond acceptors (Lipinski definition) is 2. The first kappa shape index (κ1) is 9.99. The van der Waals surface area contributed by atoms with E-state index in [0.29, 0.717) is 5.02 Å². The first-order chi connectivity index (χ1) is 6.46. The Kier molecular flexibility index (Phi) is 2.12. The molecule has 1 heterocycles. The molecule has 2 unspecified atom stereocenters. The zero-order valence-corrected chi connectivity index (χ0v) is 9.52. The van der Waals surface area contributed by atoms with E-state index in [2.05, 4.69) is 0 Å². The molecule has 0 spiro atoms. The van der Waals surface area contributed by atoms with E-state index >= 15 is 0 Å².